The first-order chi connectivity index (χ1) is 10.5. The number of aryl methyl sites for hydroxylation is 2. The van der Waals surface area contributed by atoms with E-state index in [0.717, 1.165) is 19.3 Å². The predicted octanol–water partition coefficient (Wildman–Crippen LogP) is 1.46. The molecule has 0 unspecified atom stereocenters. The van der Waals surface area contributed by atoms with Gasteiger partial charge in [0.1, 0.15) is 0 Å². The zero-order valence-electron chi connectivity index (χ0n) is 12.8. The van der Waals surface area contributed by atoms with Gasteiger partial charge >= 0.3 is 0 Å². The normalized spacial score (nSPS) is 19.9. The molecule has 6 heteroatoms. The molecule has 0 radical (unpaired) electrons. The Labute approximate surface area is 131 Å². The standard InChI is InChI=1S/C16H22N2O3S/c1-12(19)17-15-7-9-18(10-8-15)22(20,21)16-6-5-13-3-2-4-14(13)11-16/h5-6,11,15H,2-4,7-10H2,1H3,(H,17,19). The van der Waals surface area contributed by atoms with E-state index in [2.05, 4.69) is 5.32 Å². The van der Waals surface area contributed by atoms with Crippen molar-refractivity contribution in [1.29, 1.82) is 0 Å². The third kappa shape index (κ3) is 3.03. The van der Waals surface area contributed by atoms with Crippen LogP contribution < -0.4 is 5.32 Å². The first-order valence-corrected chi connectivity index (χ1v) is 9.30. The largest absolute Gasteiger partial charge is 0.354 e. The van der Waals surface area contributed by atoms with E-state index in [1.807, 2.05) is 12.1 Å². The van der Waals surface area contributed by atoms with E-state index in [0.29, 0.717) is 30.8 Å². The summed E-state index contributed by atoms with van der Waals surface area (Å²) in [5.41, 5.74) is 2.46. The van der Waals surface area contributed by atoms with Crippen LogP contribution in [0, 0.1) is 0 Å². The van der Waals surface area contributed by atoms with Gasteiger partial charge in [0.15, 0.2) is 0 Å². The molecule has 0 spiro atoms. The van der Waals surface area contributed by atoms with Crippen molar-refractivity contribution in [1.82, 2.24) is 9.62 Å². The highest BCUT2D eigenvalue weighted by Gasteiger charge is 2.30. The van der Waals surface area contributed by atoms with Crippen LogP contribution in [0.15, 0.2) is 23.1 Å². The summed E-state index contributed by atoms with van der Waals surface area (Å²) in [5, 5.41) is 2.87. The highest BCUT2D eigenvalue weighted by atomic mass is 32.2. The minimum Gasteiger partial charge on any atom is -0.354 e. The van der Waals surface area contributed by atoms with Gasteiger partial charge < -0.3 is 5.32 Å². The van der Waals surface area contributed by atoms with Gasteiger partial charge in [-0.3, -0.25) is 4.79 Å². The number of carbonyl (C=O) groups is 1. The van der Waals surface area contributed by atoms with E-state index < -0.39 is 10.0 Å². The maximum absolute atomic E-state index is 12.8. The van der Waals surface area contributed by atoms with Gasteiger partial charge in [0.05, 0.1) is 4.90 Å². The van der Waals surface area contributed by atoms with Crippen LogP contribution >= 0.6 is 0 Å². The Morgan fingerprint density at radius 3 is 2.55 bits per heavy atom. The van der Waals surface area contributed by atoms with Gasteiger partial charge in [0.2, 0.25) is 15.9 Å². The molecule has 1 fully saturated rings. The maximum Gasteiger partial charge on any atom is 0.243 e. The lowest BCUT2D eigenvalue weighted by atomic mass is 10.1. The number of rotatable bonds is 3. The molecule has 22 heavy (non-hydrogen) atoms. The summed E-state index contributed by atoms with van der Waals surface area (Å²) in [6.45, 7) is 2.42. The number of nitrogens with one attached hydrogen (secondary N) is 1. The molecule has 1 N–H and O–H groups in total. The van der Waals surface area contributed by atoms with Crippen LogP contribution in [0.4, 0.5) is 0 Å². The van der Waals surface area contributed by atoms with Gasteiger partial charge in [-0.2, -0.15) is 4.31 Å². The van der Waals surface area contributed by atoms with Crippen LogP contribution in [0.25, 0.3) is 0 Å². The number of carbonyl (C=O) groups excluding carboxylic acids is 1. The molecule has 1 amide bonds. The number of nitrogens with zero attached hydrogens (tertiary/aromatic N) is 1. The van der Waals surface area contributed by atoms with Crippen molar-refractivity contribution in [2.24, 2.45) is 0 Å². The van der Waals surface area contributed by atoms with Crippen LogP contribution in [0.5, 0.6) is 0 Å². The number of fused-ring (bicyclic) bond motifs is 1. The Kier molecular flexibility index (Phi) is 4.23. The Morgan fingerprint density at radius 1 is 1.18 bits per heavy atom. The van der Waals surface area contributed by atoms with E-state index in [-0.39, 0.29) is 11.9 Å². The van der Waals surface area contributed by atoms with Crippen LogP contribution in [-0.2, 0) is 27.7 Å². The quantitative estimate of drug-likeness (QED) is 0.916. The van der Waals surface area contributed by atoms with Gasteiger partial charge in [-0.15, -0.1) is 0 Å². The predicted molar refractivity (Wildman–Crippen MR) is 84.1 cm³/mol. The molecule has 1 aromatic rings. The maximum atomic E-state index is 12.8. The fourth-order valence-corrected chi connectivity index (χ4v) is 4.91. The molecule has 0 saturated carbocycles. The number of amides is 1. The van der Waals surface area contributed by atoms with Crippen molar-refractivity contribution >= 4 is 15.9 Å². The van der Waals surface area contributed by atoms with Crippen LogP contribution in [0.3, 0.4) is 0 Å². The number of hydrogen-bond donors (Lipinski definition) is 1. The summed E-state index contributed by atoms with van der Waals surface area (Å²) in [6.07, 6.45) is 4.48. The monoisotopic (exact) mass is 322 g/mol. The molecule has 1 saturated heterocycles. The molecule has 0 bridgehead atoms. The van der Waals surface area contributed by atoms with Gasteiger partial charge in [-0.1, -0.05) is 6.07 Å². The highest BCUT2D eigenvalue weighted by Crippen LogP contribution is 2.27. The molecule has 120 valence electrons. The van der Waals surface area contributed by atoms with E-state index in [1.54, 1.807) is 10.4 Å². The van der Waals surface area contributed by atoms with Crippen molar-refractivity contribution in [2.45, 2.75) is 50.0 Å². The first kappa shape index (κ1) is 15.5. The van der Waals surface area contributed by atoms with Crippen molar-refractivity contribution in [3.8, 4) is 0 Å². The second kappa shape index (κ2) is 6.01. The second-order valence-corrected chi connectivity index (χ2v) is 8.10. The summed E-state index contributed by atoms with van der Waals surface area (Å²) in [7, 11) is -3.41. The minimum atomic E-state index is -3.41. The summed E-state index contributed by atoms with van der Waals surface area (Å²) < 4.78 is 27.1. The second-order valence-electron chi connectivity index (χ2n) is 6.16. The molecular weight excluding hydrogens is 300 g/mol. The van der Waals surface area contributed by atoms with Crippen LogP contribution in [0.1, 0.15) is 37.3 Å². The molecule has 0 atom stereocenters. The number of hydrogen-bond acceptors (Lipinski definition) is 3. The van der Waals surface area contributed by atoms with E-state index in [4.69, 9.17) is 0 Å². The van der Waals surface area contributed by atoms with Crippen molar-refractivity contribution in [3.05, 3.63) is 29.3 Å². The lowest BCUT2D eigenvalue weighted by Crippen LogP contribution is -2.46. The molecule has 1 aliphatic carbocycles. The zero-order valence-corrected chi connectivity index (χ0v) is 13.7. The Balaban J connectivity index is 1.73. The molecule has 1 aliphatic heterocycles. The average Bonchev–Trinajstić information content (AvgIpc) is 2.94. The lowest BCUT2D eigenvalue weighted by molar-refractivity contribution is -0.119. The molecule has 1 heterocycles. The molecule has 2 aliphatic rings. The van der Waals surface area contributed by atoms with E-state index in [9.17, 15) is 13.2 Å². The van der Waals surface area contributed by atoms with Gasteiger partial charge in [0.25, 0.3) is 0 Å². The van der Waals surface area contributed by atoms with E-state index in [1.165, 1.54) is 18.1 Å². The van der Waals surface area contributed by atoms with Crippen LogP contribution in [-0.4, -0.2) is 37.8 Å². The molecule has 5 nitrogen and oxygen atoms in total. The van der Waals surface area contributed by atoms with Crippen molar-refractivity contribution < 1.29 is 13.2 Å². The lowest BCUT2D eigenvalue weighted by Gasteiger charge is -2.31. The molecular formula is C16H22N2O3S. The van der Waals surface area contributed by atoms with Crippen molar-refractivity contribution in [3.63, 3.8) is 0 Å². The number of sulfonamides is 1. The first-order valence-electron chi connectivity index (χ1n) is 7.86. The number of piperidine rings is 1. The fraction of sp³-hybridized carbons (Fsp3) is 0.562. The third-order valence-corrected chi connectivity index (χ3v) is 6.46. The molecule has 0 aromatic heterocycles. The van der Waals surface area contributed by atoms with E-state index >= 15 is 0 Å². The SMILES string of the molecule is CC(=O)NC1CCN(S(=O)(=O)c2ccc3c(c2)CCC3)CC1. The van der Waals surface area contributed by atoms with Crippen molar-refractivity contribution in [2.75, 3.05) is 13.1 Å². The molecule has 1 aromatic carbocycles. The Hall–Kier alpha value is -1.40. The summed E-state index contributed by atoms with van der Waals surface area (Å²) in [4.78, 5) is 11.5. The van der Waals surface area contributed by atoms with Gasteiger partial charge in [-0.05, 0) is 55.4 Å². The smallest absolute Gasteiger partial charge is 0.243 e. The third-order valence-electron chi connectivity index (χ3n) is 4.57. The summed E-state index contributed by atoms with van der Waals surface area (Å²) in [6, 6.07) is 5.62. The fourth-order valence-electron chi connectivity index (χ4n) is 3.39. The topological polar surface area (TPSA) is 66.5 Å². The minimum absolute atomic E-state index is 0.0556. The molecule has 3 rings (SSSR count). The average molecular weight is 322 g/mol. The van der Waals surface area contributed by atoms with Crippen LogP contribution in [0.2, 0.25) is 0 Å². The van der Waals surface area contributed by atoms with Gasteiger partial charge in [-0.25, -0.2) is 8.42 Å². The van der Waals surface area contributed by atoms with Gasteiger partial charge in [0, 0.05) is 26.1 Å². The Morgan fingerprint density at radius 2 is 1.86 bits per heavy atom. The highest BCUT2D eigenvalue weighted by molar-refractivity contribution is 7.89. The summed E-state index contributed by atoms with van der Waals surface area (Å²) >= 11 is 0. The zero-order chi connectivity index (χ0) is 15.7. The number of benzene rings is 1. The Bertz CT molecular complexity index is 677. The summed E-state index contributed by atoms with van der Waals surface area (Å²) in [5.74, 6) is -0.0556.